The van der Waals surface area contributed by atoms with Gasteiger partial charge in [0.1, 0.15) is 6.29 Å². The second kappa shape index (κ2) is 22.9. The molecule has 0 saturated carbocycles. The summed E-state index contributed by atoms with van der Waals surface area (Å²) in [7, 11) is 1.93. The summed E-state index contributed by atoms with van der Waals surface area (Å²) < 4.78 is 0. The minimum atomic E-state index is 0.341. The fraction of sp³-hybridized carbons (Fsp3) is 0.909. The molecule has 1 atom stereocenters. The SMILES string of the molecule is CC=O.CCCC(C)CO.CCNC. The molecule has 0 aromatic rings. The number of carbonyl (C=O) groups excluding carboxylic acids is 1. The summed E-state index contributed by atoms with van der Waals surface area (Å²) in [5.41, 5.74) is 0. The van der Waals surface area contributed by atoms with Crippen LogP contribution in [-0.4, -0.2) is 31.6 Å². The van der Waals surface area contributed by atoms with Crippen molar-refractivity contribution in [3.8, 4) is 0 Å². The smallest absolute Gasteiger partial charge is 0.116 e. The molecule has 2 N–H and O–H groups in total. The van der Waals surface area contributed by atoms with Crippen molar-refractivity contribution < 1.29 is 9.90 Å². The lowest BCUT2D eigenvalue weighted by molar-refractivity contribution is -0.106. The zero-order valence-corrected chi connectivity index (χ0v) is 10.3. The maximum atomic E-state index is 8.81. The van der Waals surface area contributed by atoms with Gasteiger partial charge in [-0.1, -0.05) is 27.2 Å². The van der Waals surface area contributed by atoms with E-state index in [1.807, 2.05) is 7.05 Å². The molecule has 0 amide bonds. The number of rotatable bonds is 4. The van der Waals surface area contributed by atoms with Crippen molar-refractivity contribution in [2.45, 2.75) is 40.5 Å². The van der Waals surface area contributed by atoms with E-state index in [-0.39, 0.29) is 0 Å². The van der Waals surface area contributed by atoms with Crippen LogP contribution in [0.15, 0.2) is 0 Å². The highest BCUT2D eigenvalue weighted by atomic mass is 16.3. The standard InChI is InChI=1S/C6H14O.C3H9N.C2H4O/c1-3-4-6(2)5-7;1-3-4-2;1-2-3/h6-7H,3-5H2,1-2H3;4H,3H2,1-2H3;2H,1H3. The van der Waals surface area contributed by atoms with Gasteiger partial charge in [-0.3, -0.25) is 0 Å². The van der Waals surface area contributed by atoms with Gasteiger partial charge < -0.3 is 15.2 Å². The summed E-state index contributed by atoms with van der Waals surface area (Å²) in [4.78, 5) is 8.81. The Labute approximate surface area is 88.9 Å². The van der Waals surface area contributed by atoms with Crippen LogP contribution in [0, 0.1) is 5.92 Å². The molecule has 0 fully saturated rings. The third-order valence-electron chi connectivity index (χ3n) is 1.45. The molecule has 14 heavy (non-hydrogen) atoms. The van der Waals surface area contributed by atoms with Gasteiger partial charge in [0.05, 0.1) is 0 Å². The normalized spacial score (nSPS) is 10.1. The van der Waals surface area contributed by atoms with Crippen LogP contribution < -0.4 is 5.32 Å². The van der Waals surface area contributed by atoms with Crippen molar-refractivity contribution in [3.63, 3.8) is 0 Å². The summed E-state index contributed by atoms with van der Waals surface area (Å²) in [5.74, 6) is 0.505. The zero-order chi connectivity index (χ0) is 11.8. The fourth-order valence-electron chi connectivity index (χ4n) is 0.584. The van der Waals surface area contributed by atoms with E-state index in [1.54, 1.807) is 0 Å². The van der Waals surface area contributed by atoms with E-state index >= 15 is 0 Å². The van der Waals surface area contributed by atoms with Crippen LogP contribution in [-0.2, 0) is 4.79 Å². The number of aliphatic hydroxyl groups is 1. The van der Waals surface area contributed by atoms with Crippen molar-refractivity contribution >= 4 is 6.29 Å². The molecule has 0 radical (unpaired) electrons. The van der Waals surface area contributed by atoms with Crippen LogP contribution in [0.25, 0.3) is 0 Å². The van der Waals surface area contributed by atoms with Crippen LogP contribution in [0.5, 0.6) is 0 Å². The van der Waals surface area contributed by atoms with E-state index in [2.05, 4.69) is 26.1 Å². The van der Waals surface area contributed by atoms with Gasteiger partial charge in [-0.2, -0.15) is 0 Å². The lowest BCUT2D eigenvalue weighted by Crippen LogP contribution is -2.01. The molecule has 0 aliphatic rings. The number of aldehydes is 1. The molecule has 0 bridgehead atoms. The molecular weight excluding hydrogens is 178 g/mol. The predicted octanol–water partition coefficient (Wildman–Crippen LogP) is 1.85. The predicted molar refractivity (Wildman–Crippen MR) is 62.5 cm³/mol. The molecule has 3 nitrogen and oxygen atoms in total. The van der Waals surface area contributed by atoms with Gasteiger partial charge in [0.2, 0.25) is 0 Å². The van der Waals surface area contributed by atoms with Crippen LogP contribution >= 0.6 is 0 Å². The average molecular weight is 205 g/mol. The molecule has 0 aliphatic carbocycles. The molecule has 0 heterocycles. The van der Waals surface area contributed by atoms with Crippen LogP contribution in [0.2, 0.25) is 0 Å². The van der Waals surface area contributed by atoms with Gasteiger partial charge in [0.25, 0.3) is 0 Å². The van der Waals surface area contributed by atoms with Gasteiger partial charge in [-0.25, -0.2) is 0 Å². The molecule has 88 valence electrons. The van der Waals surface area contributed by atoms with E-state index in [9.17, 15) is 0 Å². The van der Waals surface area contributed by atoms with E-state index in [4.69, 9.17) is 9.90 Å². The number of nitrogens with one attached hydrogen (secondary N) is 1. The monoisotopic (exact) mass is 205 g/mol. The van der Waals surface area contributed by atoms with Crippen molar-refractivity contribution in [2.24, 2.45) is 5.92 Å². The summed E-state index contributed by atoms with van der Waals surface area (Å²) in [6.45, 7) is 9.11. The second-order valence-corrected chi connectivity index (χ2v) is 3.02. The third-order valence-corrected chi connectivity index (χ3v) is 1.45. The Hall–Kier alpha value is -0.410. The molecule has 0 saturated heterocycles. The Balaban J connectivity index is -0.000000147. The van der Waals surface area contributed by atoms with Gasteiger partial charge in [-0.15, -0.1) is 0 Å². The average Bonchev–Trinajstić information content (AvgIpc) is 2.20. The van der Waals surface area contributed by atoms with Crippen molar-refractivity contribution in [1.29, 1.82) is 0 Å². The quantitative estimate of drug-likeness (QED) is 0.689. The van der Waals surface area contributed by atoms with Crippen molar-refractivity contribution in [1.82, 2.24) is 5.32 Å². The van der Waals surface area contributed by atoms with Crippen LogP contribution in [0.3, 0.4) is 0 Å². The van der Waals surface area contributed by atoms with E-state index in [0.29, 0.717) is 12.5 Å². The minimum Gasteiger partial charge on any atom is -0.396 e. The Morgan fingerprint density at radius 2 is 1.79 bits per heavy atom. The summed E-state index contributed by atoms with van der Waals surface area (Å²) in [6.07, 6.45) is 3.08. The molecule has 0 spiro atoms. The first-order valence-corrected chi connectivity index (χ1v) is 5.29. The molecular formula is C11H27NO2. The Kier molecular flexibility index (Phi) is 31.4. The molecule has 3 heteroatoms. The van der Waals surface area contributed by atoms with Gasteiger partial charge in [0, 0.05) is 6.61 Å². The first-order chi connectivity index (χ1) is 6.64. The number of hydrogen-bond donors (Lipinski definition) is 2. The van der Waals surface area contributed by atoms with Crippen molar-refractivity contribution in [2.75, 3.05) is 20.2 Å². The van der Waals surface area contributed by atoms with Crippen LogP contribution in [0.4, 0.5) is 0 Å². The van der Waals surface area contributed by atoms with Crippen molar-refractivity contribution in [3.05, 3.63) is 0 Å². The summed E-state index contributed by atoms with van der Waals surface area (Å²) in [6, 6.07) is 0. The summed E-state index contributed by atoms with van der Waals surface area (Å²) >= 11 is 0. The minimum absolute atomic E-state index is 0.341. The highest BCUT2D eigenvalue weighted by Gasteiger charge is 1.93. The van der Waals surface area contributed by atoms with Gasteiger partial charge >= 0.3 is 0 Å². The Bertz CT molecular complexity index is 85.4. The molecule has 0 aromatic heterocycles. The van der Waals surface area contributed by atoms with Gasteiger partial charge in [0.15, 0.2) is 0 Å². The number of aliphatic hydroxyl groups excluding tert-OH is 1. The first-order valence-electron chi connectivity index (χ1n) is 5.29. The topological polar surface area (TPSA) is 49.3 Å². The third kappa shape index (κ3) is 41.6. The first kappa shape index (κ1) is 19.2. The molecule has 0 aliphatic heterocycles. The van der Waals surface area contributed by atoms with E-state index < -0.39 is 0 Å². The maximum absolute atomic E-state index is 8.81. The number of hydrogen-bond acceptors (Lipinski definition) is 3. The lowest BCUT2D eigenvalue weighted by atomic mass is 10.1. The Morgan fingerprint density at radius 3 is 1.86 bits per heavy atom. The highest BCUT2D eigenvalue weighted by molar-refractivity contribution is 5.44. The lowest BCUT2D eigenvalue weighted by Gasteiger charge is -2.01. The highest BCUT2D eigenvalue weighted by Crippen LogP contribution is 2.01. The second-order valence-electron chi connectivity index (χ2n) is 3.02. The zero-order valence-electron chi connectivity index (χ0n) is 10.3. The summed E-state index contributed by atoms with van der Waals surface area (Å²) in [5, 5.41) is 11.4. The largest absolute Gasteiger partial charge is 0.396 e. The Morgan fingerprint density at radius 1 is 1.43 bits per heavy atom. The fourth-order valence-corrected chi connectivity index (χ4v) is 0.584. The maximum Gasteiger partial charge on any atom is 0.116 e. The molecule has 0 aromatic carbocycles. The van der Waals surface area contributed by atoms with Gasteiger partial charge in [-0.05, 0) is 32.9 Å². The van der Waals surface area contributed by atoms with E-state index in [1.165, 1.54) is 13.3 Å². The molecule has 0 rings (SSSR count). The van der Waals surface area contributed by atoms with Crippen LogP contribution in [0.1, 0.15) is 40.5 Å². The molecule has 1 unspecified atom stereocenters. The number of carbonyl (C=O) groups is 1. The van der Waals surface area contributed by atoms with E-state index in [0.717, 1.165) is 19.3 Å².